The fourth-order valence-corrected chi connectivity index (χ4v) is 2.74. The number of benzene rings is 1. The van der Waals surface area contributed by atoms with Crippen LogP contribution in [0, 0.1) is 11.8 Å². The van der Waals surface area contributed by atoms with Gasteiger partial charge in [0, 0.05) is 5.69 Å². The molecule has 1 aliphatic rings. The molecular weight excluding hydrogens is 278 g/mol. The first-order valence-electron chi connectivity index (χ1n) is 7.81. The normalized spacial score (nSPS) is 22.1. The second-order valence-electron chi connectivity index (χ2n) is 5.91. The number of hydrogen-bond acceptors (Lipinski definition) is 2. The molecule has 1 amide bonds. The molecule has 1 aromatic carbocycles. The highest BCUT2D eigenvalue weighted by atomic mass is 16.4. The monoisotopic (exact) mass is 301 g/mol. The van der Waals surface area contributed by atoms with Gasteiger partial charge in [0.05, 0.1) is 11.8 Å². The third-order valence-corrected chi connectivity index (χ3v) is 4.45. The molecule has 0 aliphatic heterocycles. The zero-order valence-corrected chi connectivity index (χ0v) is 13.1. The number of aliphatic carboxylic acids is 1. The number of amides is 1. The molecule has 3 atom stereocenters. The van der Waals surface area contributed by atoms with Crippen molar-refractivity contribution in [3.63, 3.8) is 0 Å². The Morgan fingerprint density at radius 2 is 1.77 bits per heavy atom. The maximum absolute atomic E-state index is 12.3. The Kier molecular flexibility index (Phi) is 5.36. The third kappa shape index (κ3) is 3.75. The highest BCUT2D eigenvalue weighted by molar-refractivity contribution is 5.95. The predicted octanol–water partition coefficient (Wildman–Crippen LogP) is 3.81. The summed E-state index contributed by atoms with van der Waals surface area (Å²) in [6.07, 6.45) is 5.69. The Hall–Kier alpha value is -2.10. The van der Waals surface area contributed by atoms with Gasteiger partial charge in [-0.15, -0.1) is 0 Å². The lowest BCUT2D eigenvalue weighted by Gasteiger charge is -2.24. The molecular formula is C18H23NO3. The van der Waals surface area contributed by atoms with Crippen LogP contribution in [0.25, 0.3) is 0 Å². The van der Waals surface area contributed by atoms with Gasteiger partial charge in [0.25, 0.3) is 0 Å². The molecule has 0 aromatic heterocycles. The van der Waals surface area contributed by atoms with Crippen LogP contribution in [-0.2, 0) is 9.59 Å². The summed E-state index contributed by atoms with van der Waals surface area (Å²) in [6, 6.07) is 7.79. The third-order valence-electron chi connectivity index (χ3n) is 4.45. The van der Waals surface area contributed by atoms with Crippen molar-refractivity contribution in [3.05, 3.63) is 42.0 Å². The molecule has 2 rings (SSSR count). The number of allylic oxidation sites excluding steroid dienone is 2. The molecule has 0 bridgehead atoms. The quantitative estimate of drug-likeness (QED) is 0.813. The van der Waals surface area contributed by atoms with Gasteiger partial charge in [0.15, 0.2) is 0 Å². The van der Waals surface area contributed by atoms with Gasteiger partial charge in [-0.3, -0.25) is 9.59 Å². The number of anilines is 1. The summed E-state index contributed by atoms with van der Waals surface area (Å²) in [6.45, 7) is 4.31. The second kappa shape index (κ2) is 7.25. The van der Waals surface area contributed by atoms with E-state index in [2.05, 4.69) is 19.2 Å². The van der Waals surface area contributed by atoms with E-state index in [0.717, 1.165) is 12.1 Å². The van der Waals surface area contributed by atoms with Gasteiger partial charge in [-0.25, -0.2) is 0 Å². The average molecular weight is 301 g/mol. The first-order chi connectivity index (χ1) is 10.5. The largest absolute Gasteiger partial charge is 0.481 e. The van der Waals surface area contributed by atoms with Crippen molar-refractivity contribution in [2.24, 2.45) is 11.8 Å². The van der Waals surface area contributed by atoms with Crippen LogP contribution in [0.2, 0.25) is 0 Å². The van der Waals surface area contributed by atoms with Crippen molar-refractivity contribution in [3.8, 4) is 0 Å². The Morgan fingerprint density at radius 3 is 2.32 bits per heavy atom. The lowest BCUT2D eigenvalue weighted by atomic mass is 9.82. The fourth-order valence-electron chi connectivity index (χ4n) is 2.74. The van der Waals surface area contributed by atoms with Crippen molar-refractivity contribution in [1.29, 1.82) is 0 Å². The highest BCUT2D eigenvalue weighted by Crippen LogP contribution is 2.27. The number of carbonyl (C=O) groups is 2. The zero-order valence-electron chi connectivity index (χ0n) is 13.1. The van der Waals surface area contributed by atoms with Crippen molar-refractivity contribution >= 4 is 17.6 Å². The van der Waals surface area contributed by atoms with Gasteiger partial charge in [0.1, 0.15) is 0 Å². The van der Waals surface area contributed by atoms with Crippen molar-refractivity contribution < 1.29 is 14.7 Å². The molecule has 0 heterocycles. The Labute approximate surface area is 131 Å². The number of hydrogen-bond donors (Lipinski definition) is 2. The van der Waals surface area contributed by atoms with Gasteiger partial charge in [-0.05, 0) is 42.9 Å². The van der Waals surface area contributed by atoms with Crippen molar-refractivity contribution in [2.75, 3.05) is 5.32 Å². The van der Waals surface area contributed by atoms with Gasteiger partial charge in [-0.1, -0.05) is 38.1 Å². The number of carbonyl (C=O) groups excluding carboxylic acids is 1. The number of carboxylic acids is 1. The first-order valence-corrected chi connectivity index (χ1v) is 7.81. The number of rotatable bonds is 5. The van der Waals surface area contributed by atoms with Crippen molar-refractivity contribution in [2.45, 2.75) is 39.0 Å². The van der Waals surface area contributed by atoms with Crippen molar-refractivity contribution in [1.82, 2.24) is 0 Å². The van der Waals surface area contributed by atoms with Crippen LogP contribution in [0.3, 0.4) is 0 Å². The summed E-state index contributed by atoms with van der Waals surface area (Å²) in [4.78, 5) is 23.6. The lowest BCUT2D eigenvalue weighted by Crippen LogP contribution is -2.34. The number of nitrogens with one attached hydrogen (secondary N) is 1. The van der Waals surface area contributed by atoms with E-state index >= 15 is 0 Å². The van der Waals surface area contributed by atoms with E-state index < -0.39 is 17.8 Å². The van der Waals surface area contributed by atoms with E-state index in [-0.39, 0.29) is 5.91 Å². The van der Waals surface area contributed by atoms with E-state index in [1.54, 1.807) is 0 Å². The van der Waals surface area contributed by atoms with Crippen LogP contribution >= 0.6 is 0 Å². The standard InChI is InChI=1S/C18H23NO3/c1-3-12(2)13-8-10-14(11-9-13)19-17(20)15-6-4-5-7-16(15)18(21)22/h4-5,8-12,15-16H,3,6-7H2,1-2H3,(H,19,20)(H,21,22)/t12-,15+,16+/m1/s1. The predicted molar refractivity (Wildman–Crippen MR) is 86.8 cm³/mol. The Balaban J connectivity index is 2.05. The van der Waals surface area contributed by atoms with Gasteiger partial charge in [0.2, 0.25) is 5.91 Å². The summed E-state index contributed by atoms with van der Waals surface area (Å²) < 4.78 is 0. The molecule has 0 saturated carbocycles. The molecule has 0 radical (unpaired) electrons. The van der Waals surface area contributed by atoms with E-state index in [1.165, 1.54) is 5.56 Å². The highest BCUT2D eigenvalue weighted by Gasteiger charge is 2.33. The minimum atomic E-state index is -0.906. The molecule has 0 spiro atoms. The van der Waals surface area contributed by atoms with E-state index in [1.807, 2.05) is 36.4 Å². The fraction of sp³-hybridized carbons (Fsp3) is 0.444. The molecule has 0 saturated heterocycles. The summed E-state index contributed by atoms with van der Waals surface area (Å²) in [5, 5.41) is 12.1. The second-order valence-corrected chi connectivity index (χ2v) is 5.91. The van der Waals surface area contributed by atoms with Crippen LogP contribution in [0.1, 0.15) is 44.6 Å². The van der Waals surface area contributed by atoms with E-state index in [4.69, 9.17) is 0 Å². The molecule has 0 unspecified atom stereocenters. The molecule has 4 heteroatoms. The topological polar surface area (TPSA) is 66.4 Å². The molecule has 2 N–H and O–H groups in total. The molecule has 118 valence electrons. The van der Waals surface area contributed by atoms with E-state index in [0.29, 0.717) is 18.8 Å². The lowest BCUT2D eigenvalue weighted by molar-refractivity contribution is -0.146. The molecule has 4 nitrogen and oxygen atoms in total. The summed E-state index contributed by atoms with van der Waals surface area (Å²) in [7, 11) is 0. The Morgan fingerprint density at radius 1 is 1.18 bits per heavy atom. The molecule has 1 aliphatic carbocycles. The summed E-state index contributed by atoms with van der Waals surface area (Å²) in [5.41, 5.74) is 1.96. The maximum Gasteiger partial charge on any atom is 0.307 e. The summed E-state index contributed by atoms with van der Waals surface area (Å²) in [5.74, 6) is -1.77. The van der Waals surface area contributed by atoms with Crippen LogP contribution in [0.5, 0.6) is 0 Å². The minimum Gasteiger partial charge on any atom is -0.481 e. The van der Waals surface area contributed by atoms with Crippen LogP contribution < -0.4 is 5.32 Å². The van der Waals surface area contributed by atoms with Gasteiger partial charge >= 0.3 is 5.97 Å². The minimum absolute atomic E-state index is 0.215. The van der Waals surface area contributed by atoms with E-state index in [9.17, 15) is 14.7 Å². The van der Waals surface area contributed by atoms with Crippen LogP contribution in [0.4, 0.5) is 5.69 Å². The first kappa shape index (κ1) is 16.3. The zero-order chi connectivity index (χ0) is 16.1. The van der Waals surface area contributed by atoms with Crippen LogP contribution in [-0.4, -0.2) is 17.0 Å². The van der Waals surface area contributed by atoms with Gasteiger partial charge < -0.3 is 10.4 Å². The summed E-state index contributed by atoms with van der Waals surface area (Å²) >= 11 is 0. The number of carboxylic acid groups (broad SMARTS) is 1. The van der Waals surface area contributed by atoms with Crippen LogP contribution in [0.15, 0.2) is 36.4 Å². The molecule has 22 heavy (non-hydrogen) atoms. The smallest absolute Gasteiger partial charge is 0.307 e. The average Bonchev–Trinajstić information content (AvgIpc) is 2.54. The molecule has 0 fully saturated rings. The molecule has 1 aromatic rings. The maximum atomic E-state index is 12.3. The SMILES string of the molecule is CC[C@@H](C)c1ccc(NC(=O)[C@H]2CC=CC[C@@H]2C(=O)O)cc1. The van der Waals surface area contributed by atoms with Gasteiger partial charge in [-0.2, -0.15) is 0 Å². The Bertz CT molecular complexity index is 562.